The molecule has 6 atom stereocenters. The lowest BCUT2D eigenvalue weighted by atomic mass is 10.0. The van der Waals surface area contributed by atoms with E-state index in [4.69, 9.17) is 9.47 Å². The summed E-state index contributed by atoms with van der Waals surface area (Å²) >= 11 is 0. The SMILES string of the molecule is CCCCCCCCCCCCCCCCC(O)CN(CCCCC(=O)OCCC1NC(=O)C(CCOC(=O)CCCCN(CC(O)CCCCCCCCCCCCCCCC)CC(O)CCCCCCCCCCCCCCCC)NC1=O)CC(O)CCCCCCCCCCCCCCCC. The van der Waals surface area contributed by atoms with Gasteiger partial charge in [0.2, 0.25) is 11.8 Å². The zero-order valence-electron chi connectivity index (χ0n) is 69.3. The van der Waals surface area contributed by atoms with Crippen LogP contribution in [0.25, 0.3) is 0 Å². The first-order valence-corrected chi connectivity index (χ1v) is 46.0. The Morgan fingerprint density at radius 1 is 0.288 bits per heavy atom. The standard InChI is InChI=1S/C90H176N4O10/c1-5-9-13-17-21-25-29-33-37-41-45-49-53-57-65-81(95)77-93(78-82(96)66-58-54-50-46-42-38-34-30-26-22-18-14-10-6-2)73-63-61-69-87(99)103-75-71-85-89(101)92-86(90(102)91-85)72-76-104-88(100)70-62-64-74-94(79-83(97)67-59-55-51-47-43-39-35-31-27-23-19-15-11-7-3)80-84(98)68-60-56-52-48-44-40-36-32-28-24-20-16-12-8-4/h81-86,95-98H,5-80H2,1-4H3,(H,91,102)(H,92,101). The van der Waals surface area contributed by atoms with Crippen molar-refractivity contribution in [1.29, 1.82) is 0 Å². The van der Waals surface area contributed by atoms with E-state index in [0.29, 0.717) is 52.1 Å². The van der Waals surface area contributed by atoms with Crippen molar-refractivity contribution < 1.29 is 49.1 Å². The Bertz CT molecular complexity index is 1640. The predicted octanol–water partition coefficient (Wildman–Crippen LogP) is 22.7. The molecule has 0 aromatic heterocycles. The van der Waals surface area contributed by atoms with Gasteiger partial charge in [-0.2, -0.15) is 0 Å². The molecule has 0 bridgehead atoms. The van der Waals surface area contributed by atoms with Crippen molar-refractivity contribution in [3.8, 4) is 0 Å². The minimum atomic E-state index is -0.843. The second-order valence-corrected chi connectivity index (χ2v) is 32.7. The summed E-state index contributed by atoms with van der Waals surface area (Å²) in [6.45, 7) is 12.5. The first-order chi connectivity index (χ1) is 50.9. The summed E-state index contributed by atoms with van der Waals surface area (Å²) in [6.07, 6.45) is 77.4. The number of amides is 2. The lowest BCUT2D eigenvalue weighted by Gasteiger charge is -2.29. The van der Waals surface area contributed by atoms with Gasteiger partial charge in [-0.1, -0.05) is 387 Å². The van der Waals surface area contributed by atoms with Gasteiger partial charge in [-0.25, -0.2) is 0 Å². The normalized spacial score (nSPS) is 15.2. The number of unbranched alkanes of at least 4 members (excludes halogenated alkanes) is 54. The molecule has 6 unspecified atom stereocenters. The van der Waals surface area contributed by atoms with E-state index in [1.54, 1.807) is 0 Å². The van der Waals surface area contributed by atoms with Crippen LogP contribution in [0.15, 0.2) is 0 Å². The van der Waals surface area contributed by atoms with Crippen LogP contribution in [0.3, 0.4) is 0 Å². The third-order valence-corrected chi connectivity index (χ3v) is 22.3. The molecule has 1 heterocycles. The first kappa shape index (κ1) is 99.6. The van der Waals surface area contributed by atoms with Gasteiger partial charge in [-0.3, -0.25) is 29.0 Å². The van der Waals surface area contributed by atoms with Crippen molar-refractivity contribution in [3.63, 3.8) is 0 Å². The average molecular weight is 1470 g/mol. The van der Waals surface area contributed by atoms with Crippen molar-refractivity contribution in [3.05, 3.63) is 0 Å². The van der Waals surface area contributed by atoms with Gasteiger partial charge >= 0.3 is 11.9 Å². The highest BCUT2D eigenvalue weighted by atomic mass is 16.5. The number of hydrogen-bond acceptors (Lipinski definition) is 12. The van der Waals surface area contributed by atoms with Crippen molar-refractivity contribution >= 4 is 23.8 Å². The van der Waals surface area contributed by atoms with E-state index in [2.05, 4.69) is 48.1 Å². The second-order valence-electron chi connectivity index (χ2n) is 32.7. The van der Waals surface area contributed by atoms with E-state index in [1.165, 1.54) is 308 Å². The Balaban J connectivity index is 2.52. The fourth-order valence-corrected chi connectivity index (χ4v) is 15.4. The average Bonchev–Trinajstić information content (AvgIpc) is 0.848. The Morgan fingerprint density at radius 2 is 0.471 bits per heavy atom. The highest BCUT2D eigenvalue weighted by Gasteiger charge is 2.34. The number of nitrogens with zero attached hydrogens (tertiary/aromatic N) is 2. The van der Waals surface area contributed by atoms with Gasteiger partial charge in [0.15, 0.2) is 0 Å². The maximum atomic E-state index is 13.1. The molecule has 14 heteroatoms. The molecule has 1 aliphatic rings. The fourth-order valence-electron chi connectivity index (χ4n) is 15.4. The Hall–Kier alpha value is -2.36. The lowest BCUT2D eigenvalue weighted by molar-refractivity contribution is -0.147. The molecule has 0 spiro atoms. The number of aliphatic hydroxyl groups is 4. The lowest BCUT2D eigenvalue weighted by Crippen LogP contribution is -2.62. The molecule has 2 amide bonds. The molecule has 616 valence electrons. The number of ether oxygens (including phenoxy) is 2. The van der Waals surface area contributed by atoms with Crippen LogP contribution in [0.2, 0.25) is 0 Å². The number of piperazine rings is 1. The summed E-state index contributed by atoms with van der Waals surface area (Å²) in [4.78, 5) is 56.5. The largest absolute Gasteiger partial charge is 0.466 e. The number of carbonyl (C=O) groups excluding carboxylic acids is 4. The molecule has 104 heavy (non-hydrogen) atoms. The highest BCUT2D eigenvalue weighted by molar-refractivity contribution is 5.96. The number of nitrogens with one attached hydrogen (secondary N) is 2. The molecular weight excluding hydrogens is 1300 g/mol. The van der Waals surface area contributed by atoms with Gasteiger partial charge in [0, 0.05) is 51.9 Å². The summed E-state index contributed by atoms with van der Waals surface area (Å²) in [5, 5.41) is 50.3. The Labute approximate surface area is 643 Å². The number of carbonyl (C=O) groups is 4. The Kier molecular flexibility index (Phi) is 74.1. The van der Waals surface area contributed by atoms with Crippen molar-refractivity contribution in [2.75, 3.05) is 52.5 Å². The van der Waals surface area contributed by atoms with Crippen LogP contribution in [0.4, 0.5) is 0 Å². The van der Waals surface area contributed by atoms with E-state index < -0.39 is 36.5 Å². The molecule has 0 aromatic rings. The summed E-state index contributed by atoms with van der Waals surface area (Å²) in [6, 6.07) is -1.69. The molecule has 14 nitrogen and oxygen atoms in total. The Morgan fingerprint density at radius 3 is 0.663 bits per heavy atom. The smallest absolute Gasteiger partial charge is 0.305 e. The summed E-state index contributed by atoms with van der Waals surface area (Å²) in [5.74, 6) is -1.45. The minimum Gasteiger partial charge on any atom is -0.466 e. The molecule has 1 fully saturated rings. The minimum absolute atomic E-state index is 0.0134. The number of hydrogen-bond donors (Lipinski definition) is 6. The maximum absolute atomic E-state index is 13.1. The molecule has 1 aliphatic heterocycles. The van der Waals surface area contributed by atoms with E-state index in [9.17, 15) is 39.6 Å². The highest BCUT2D eigenvalue weighted by Crippen LogP contribution is 2.21. The summed E-state index contributed by atoms with van der Waals surface area (Å²) in [7, 11) is 0. The molecule has 0 saturated carbocycles. The summed E-state index contributed by atoms with van der Waals surface area (Å²) in [5.41, 5.74) is 0. The van der Waals surface area contributed by atoms with Gasteiger partial charge in [-0.15, -0.1) is 0 Å². The second kappa shape index (κ2) is 77.4. The maximum Gasteiger partial charge on any atom is 0.305 e. The van der Waals surface area contributed by atoms with Crippen molar-refractivity contribution in [2.45, 2.75) is 501 Å². The van der Waals surface area contributed by atoms with Gasteiger partial charge < -0.3 is 40.5 Å². The molecule has 6 N–H and O–H groups in total. The predicted molar refractivity (Wildman–Crippen MR) is 439 cm³/mol. The van der Waals surface area contributed by atoms with Crippen LogP contribution in [0, 0.1) is 0 Å². The topological polar surface area (TPSA) is 198 Å². The van der Waals surface area contributed by atoms with Crippen LogP contribution < -0.4 is 10.6 Å². The zero-order chi connectivity index (χ0) is 75.5. The van der Waals surface area contributed by atoms with Crippen LogP contribution in [-0.4, -0.2) is 143 Å². The number of rotatable bonds is 84. The third kappa shape index (κ3) is 67.7. The van der Waals surface area contributed by atoms with E-state index in [-0.39, 0.29) is 62.7 Å². The summed E-state index contributed by atoms with van der Waals surface area (Å²) < 4.78 is 11.1. The molecule has 0 aromatic carbocycles. The molecule has 1 saturated heterocycles. The first-order valence-electron chi connectivity index (χ1n) is 46.0. The zero-order valence-corrected chi connectivity index (χ0v) is 69.3. The fraction of sp³-hybridized carbons (Fsp3) is 0.956. The van der Waals surface area contributed by atoms with Gasteiger partial charge in [0.1, 0.15) is 12.1 Å². The van der Waals surface area contributed by atoms with Crippen LogP contribution in [0.1, 0.15) is 464 Å². The monoisotopic (exact) mass is 1470 g/mol. The van der Waals surface area contributed by atoms with Gasteiger partial charge in [0.05, 0.1) is 37.6 Å². The molecule has 0 aliphatic carbocycles. The van der Waals surface area contributed by atoms with E-state index in [0.717, 1.165) is 89.9 Å². The number of esters is 2. The quantitative estimate of drug-likeness (QED) is 0.0249. The van der Waals surface area contributed by atoms with Gasteiger partial charge in [0.25, 0.3) is 0 Å². The van der Waals surface area contributed by atoms with E-state index in [1.807, 2.05) is 0 Å². The number of aliphatic hydroxyl groups excluding tert-OH is 4. The molecular formula is C90H176N4O10. The van der Waals surface area contributed by atoms with Crippen molar-refractivity contribution in [1.82, 2.24) is 20.4 Å². The molecule has 0 radical (unpaired) electrons. The molecule has 1 rings (SSSR count). The van der Waals surface area contributed by atoms with Crippen LogP contribution in [-0.2, 0) is 28.7 Å². The van der Waals surface area contributed by atoms with Crippen LogP contribution >= 0.6 is 0 Å². The van der Waals surface area contributed by atoms with Crippen LogP contribution in [0.5, 0.6) is 0 Å². The van der Waals surface area contributed by atoms with Crippen molar-refractivity contribution in [2.24, 2.45) is 0 Å². The van der Waals surface area contributed by atoms with E-state index >= 15 is 0 Å². The third-order valence-electron chi connectivity index (χ3n) is 22.3. The van der Waals surface area contributed by atoms with Gasteiger partial charge in [-0.05, 0) is 64.5 Å².